The van der Waals surface area contributed by atoms with Crippen LogP contribution in [0.1, 0.15) is 37.1 Å². The Morgan fingerprint density at radius 2 is 2.11 bits per heavy atom. The van der Waals surface area contributed by atoms with E-state index in [1.165, 1.54) is 30.4 Å². The molecule has 0 spiro atoms. The molecule has 27 heavy (non-hydrogen) atoms. The summed E-state index contributed by atoms with van der Waals surface area (Å²) in [6, 6.07) is 5.98. The molecule has 1 fully saturated rings. The SMILES string of the molecule is CCCCN1C(=O)C(=O)/C(=C(\O)c2cc(F)ccc2OC)C1c1ccco1. The zero-order valence-corrected chi connectivity index (χ0v) is 15.1. The molecule has 1 aromatic carbocycles. The molecular weight excluding hydrogens is 353 g/mol. The van der Waals surface area contributed by atoms with Crippen molar-refractivity contribution in [3.8, 4) is 5.75 Å². The van der Waals surface area contributed by atoms with E-state index in [9.17, 15) is 19.1 Å². The second kappa shape index (κ2) is 7.65. The van der Waals surface area contributed by atoms with Crippen LogP contribution in [0.4, 0.5) is 4.39 Å². The highest BCUT2D eigenvalue weighted by Crippen LogP contribution is 2.41. The van der Waals surface area contributed by atoms with Gasteiger partial charge in [0.15, 0.2) is 0 Å². The van der Waals surface area contributed by atoms with Gasteiger partial charge in [0.2, 0.25) is 0 Å². The Balaban J connectivity index is 2.19. The van der Waals surface area contributed by atoms with Gasteiger partial charge in [0.05, 0.1) is 24.5 Å². The molecule has 142 valence electrons. The van der Waals surface area contributed by atoms with Gasteiger partial charge in [-0.25, -0.2) is 4.39 Å². The molecule has 1 atom stereocenters. The number of aliphatic hydroxyl groups is 1. The molecular formula is C20H20FNO5. The number of furan rings is 1. The Bertz CT molecular complexity index is 888. The minimum atomic E-state index is -0.875. The first-order valence-corrected chi connectivity index (χ1v) is 8.65. The van der Waals surface area contributed by atoms with Gasteiger partial charge in [-0.3, -0.25) is 9.59 Å². The van der Waals surface area contributed by atoms with Crippen LogP contribution >= 0.6 is 0 Å². The van der Waals surface area contributed by atoms with Crippen LogP contribution in [0.5, 0.6) is 5.75 Å². The number of hydrogen-bond acceptors (Lipinski definition) is 5. The molecule has 2 heterocycles. The number of halogens is 1. The third-order valence-electron chi connectivity index (χ3n) is 4.52. The highest BCUT2D eigenvalue weighted by atomic mass is 19.1. The number of amides is 1. The van der Waals surface area contributed by atoms with Crippen molar-refractivity contribution in [3.05, 3.63) is 59.3 Å². The number of nitrogens with zero attached hydrogens (tertiary/aromatic N) is 1. The van der Waals surface area contributed by atoms with Gasteiger partial charge in [0.1, 0.15) is 29.1 Å². The van der Waals surface area contributed by atoms with E-state index in [0.29, 0.717) is 18.7 Å². The fraction of sp³-hybridized carbons (Fsp3) is 0.300. The van der Waals surface area contributed by atoms with Crippen LogP contribution in [0.25, 0.3) is 5.76 Å². The van der Waals surface area contributed by atoms with Crippen LogP contribution in [0.3, 0.4) is 0 Å². The minimum absolute atomic E-state index is 0.00236. The third kappa shape index (κ3) is 3.32. The molecule has 0 radical (unpaired) electrons. The minimum Gasteiger partial charge on any atom is -0.507 e. The summed E-state index contributed by atoms with van der Waals surface area (Å²) >= 11 is 0. The Morgan fingerprint density at radius 1 is 1.33 bits per heavy atom. The number of carbonyl (C=O) groups is 2. The molecule has 3 rings (SSSR count). The lowest BCUT2D eigenvalue weighted by Crippen LogP contribution is -2.30. The van der Waals surface area contributed by atoms with Gasteiger partial charge in [-0.1, -0.05) is 13.3 Å². The second-order valence-corrected chi connectivity index (χ2v) is 6.21. The molecule has 1 unspecified atom stereocenters. The summed E-state index contributed by atoms with van der Waals surface area (Å²) < 4.78 is 24.3. The van der Waals surface area contributed by atoms with Crippen LogP contribution in [0.2, 0.25) is 0 Å². The standard InChI is InChI=1S/C20H20FNO5/c1-3-4-9-22-17(15-6-5-10-27-15)16(19(24)20(22)25)18(23)13-11-12(21)7-8-14(13)26-2/h5-8,10-11,17,23H,3-4,9H2,1-2H3/b18-16-. The number of benzene rings is 1. The van der Waals surface area contributed by atoms with Crippen molar-refractivity contribution in [2.75, 3.05) is 13.7 Å². The first kappa shape index (κ1) is 18.7. The maximum absolute atomic E-state index is 13.7. The molecule has 6 nitrogen and oxygen atoms in total. The lowest BCUT2D eigenvalue weighted by atomic mass is 9.98. The average Bonchev–Trinajstić information content (AvgIpc) is 3.27. The quantitative estimate of drug-likeness (QED) is 0.475. The summed E-state index contributed by atoms with van der Waals surface area (Å²) in [6.45, 7) is 2.31. The monoisotopic (exact) mass is 373 g/mol. The predicted molar refractivity (Wildman–Crippen MR) is 95.6 cm³/mol. The van der Waals surface area contributed by atoms with Gasteiger partial charge in [0, 0.05) is 6.54 Å². The molecule has 1 amide bonds. The van der Waals surface area contributed by atoms with Crippen LogP contribution < -0.4 is 4.74 Å². The van der Waals surface area contributed by atoms with E-state index in [1.807, 2.05) is 6.92 Å². The summed E-state index contributed by atoms with van der Waals surface area (Å²) in [7, 11) is 1.37. The van der Waals surface area contributed by atoms with Crippen molar-refractivity contribution in [2.24, 2.45) is 0 Å². The number of rotatable bonds is 6. The molecule has 1 aromatic heterocycles. The van der Waals surface area contributed by atoms with E-state index >= 15 is 0 Å². The van der Waals surface area contributed by atoms with Crippen molar-refractivity contribution >= 4 is 17.4 Å². The first-order chi connectivity index (χ1) is 13.0. The number of ether oxygens (including phenoxy) is 1. The van der Waals surface area contributed by atoms with Crippen molar-refractivity contribution < 1.29 is 28.2 Å². The zero-order valence-electron chi connectivity index (χ0n) is 15.1. The largest absolute Gasteiger partial charge is 0.507 e. The van der Waals surface area contributed by atoms with Crippen molar-refractivity contribution in [2.45, 2.75) is 25.8 Å². The number of ketones is 1. The van der Waals surface area contributed by atoms with E-state index in [2.05, 4.69) is 0 Å². The van der Waals surface area contributed by atoms with Gasteiger partial charge in [0.25, 0.3) is 11.7 Å². The van der Waals surface area contributed by atoms with Crippen LogP contribution in [0, 0.1) is 5.82 Å². The smallest absolute Gasteiger partial charge is 0.295 e. The Labute approximate surface area is 155 Å². The van der Waals surface area contributed by atoms with E-state index in [0.717, 1.165) is 12.5 Å². The maximum Gasteiger partial charge on any atom is 0.295 e. The number of aliphatic hydroxyl groups excluding tert-OH is 1. The fourth-order valence-corrected chi connectivity index (χ4v) is 3.19. The lowest BCUT2D eigenvalue weighted by Gasteiger charge is -2.23. The van der Waals surface area contributed by atoms with Crippen LogP contribution in [-0.2, 0) is 9.59 Å². The number of unbranched alkanes of at least 4 members (excludes halogenated alkanes) is 1. The predicted octanol–water partition coefficient (Wildman–Crippen LogP) is 3.65. The molecule has 1 saturated heterocycles. The number of likely N-dealkylation sites (tertiary alicyclic amines) is 1. The third-order valence-corrected chi connectivity index (χ3v) is 4.52. The molecule has 1 N–H and O–H groups in total. The highest BCUT2D eigenvalue weighted by Gasteiger charge is 2.47. The van der Waals surface area contributed by atoms with E-state index in [1.54, 1.807) is 12.1 Å². The summed E-state index contributed by atoms with van der Waals surface area (Å²) in [6.07, 6.45) is 2.94. The summed E-state index contributed by atoms with van der Waals surface area (Å²) in [5.41, 5.74) is -0.141. The normalized spacial score (nSPS) is 18.9. The lowest BCUT2D eigenvalue weighted by molar-refractivity contribution is -0.140. The summed E-state index contributed by atoms with van der Waals surface area (Å²) in [5.74, 6) is -2.12. The van der Waals surface area contributed by atoms with Gasteiger partial charge in [-0.05, 0) is 36.8 Å². The molecule has 0 bridgehead atoms. The van der Waals surface area contributed by atoms with Crippen molar-refractivity contribution in [1.82, 2.24) is 4.90 Å². The first-order valence-electron chi connectivity index (χ1n) is 8.65. The molecule has 1 aliphatic rings. The van der Waals surface area contributed by atoms with Gasteiger partial charge < -0.3 is 19.2 Å². The van der Waals surface area contributed by atoms with Gasteiger partial charge >= 0.3 is 0 Å². The molecule has 7 heteroatoms. The fourth-order valence-electron chi connectivity index (χ4n) is 3.19. The number of methoxy groups -OCH3 is 1. The Morgan fingerprint density at radius 3 is 2.74 bits per heavy atom. The Kier molecular flexibility index (Phi) is 5.30. The average molecular weight is 373 g/mol. The number of carbonyl (C=O) groups excluding carboxylic acids is 2. The zero-order chi connectivity index (χ0) is 19.6. The molecule has 1 aliphatic heterocycles. The van der Waals surface area contributed by atoms with E-state index in [4.69, 9.17) is 9.15 Å². The second-order valence-electron chi connectivity index (χ2n) is 6.21. The Hall–Kier alpha value is -3.09. The highest BCUT2D eigenvalue weighted by molar-refractivity contribution is 6.46. The topological polar surface area (TPSA) is 80.0 Å². The van der Waals surface area contributed by atoms with E-state index in [-0.39, 0.29) is 16.9 Å². The van der Waals surface area contributed by atoms with Crippen LogP contribution in [0.15, 0.2) is 46.6 Å². The van der Waals surface area contributed by atoms with Crippen molar-refractivity contribution in [3.63, 3.8) is 0 Å². The number of Topliss-reactive ketones (excluding diaryl/α,β-unsaturated/α-hetero) is 1. The van der Waals surface area contributed by atoms with Gasteiger partial charge in [-0.15, -0.1) is 0 Å². The molecule has 0 saturated carbocycles. The summed E-state index contributed by atoms with van der Waals surface area (Å²) in [5, 5.41) is 10.8. The number of hydrogen-bond donors (Lipinski definition) is 1. The van der Waals surface area contributed by atoms with E-state index < -0.39 is 29.3 Å². The van der Waals surface area contributed by atoms with Gasteiger partial charge in [-0.2, -0.15) is 0 Å². The summed E-state index contributed by atoms with van der Waals surface area (Å²) in [4.78, 5) is 26.6. The van der Waals surface area contributed by atoms with Crippen LogP contribution in [-0.4, -0.2) is 35.4 Å². The molecule has 2 aromatic rings. The maximum atomic E-state index is 13.7. The van der Waals surface area contributed by atoms with Crippen molar-refractivity contribution in [1.29, 1.82) is 0 Å². The molecule has 0 aliphatic carbocycles.